The number of aromatic nitrogens is 2. The average Bonchev–Trinajstić information content (AvgIpc) is 2.63. The second kappa shape index (κ2) is 5.12. The summed E-state index contributed by atoms with van der Waals surface area (Å²) in [6.07, 6.45) is 5.38. The normalized spacial score (nSPS) is 14.7. The van der Waals surface area contributed by atoms with Crippen molar-refractivity contribution in [2.24, 2.45) is 18.2 Å². The molecule has 0 bridgehead atoms. The van der Waals surface area contributed by atoms with Gasteiger partial charge in [-0.2, -0.15) is 5.10 Å². The quantitative estimate of drug-likeness (QED) is 0.750. The first-order valence-electron chi connectivity index (χ1n) is 5.45. The summed E-state index contributed by atoms with van der Waals surface area (Å²) in [4.78, 5) is 11.3. The lowest BCUT2D eigenvalue weighted by atomic mass is 9.78. The van der Waals surface area contributed by atoms with Crippen LogP contribution in [0.3, 0.4) is 0 Å². The van der Waals surface area contributed by atoms with Gasteiger partial charge in [0.25, 0.3) is 0 Å². The molecule has 0 aromatic carbocycles. The Morgan fingerprint density at radius 2 is 2.38 bits per heavy atom. The van der Waals surface area contributed by atoms with E-state index >= 15 is 0 Å². The zero-order valence-electron chi connectivity index (χ0n) is 9.81. The topological polar surface area (TPSA) is 81.1 Å². The number of nitrogens with zero attached hydrogens (tertiary/aromatic N) is 2. The van der Waals surface area contributed by atoms with Crippen LogP contribution in [-0.2, 0) is 18.3 Å². The van der Waals surface area contributed by atoms with Crippen molar-refractivity contribution in [2.75, 3.05) is 6.54 Å². The number of aliphatic carboxylic acids is 1. The van der Waals surface area contributed by atoms with E-state index in [1.807, 2.05) is 20.2 Å². The maximum absolute atomic E-state index is 11.3. The monoisotopic (exact) mass is 225 g/mol. The molecule has 0 radical (unpaired) electrons. The Morgan fingerprint density at radius 1 is 1.69 bits per heavy atom. The van der Waals surface area contributed by atoms with Crippen molar-refractivity contribution in [3.63, 3.8) is 0 Å². The number of nitrogens with two attached hydrogens (primary N) is 1. The maximum Gasteiger partial charge on any atom is 0.311 e. The summed E-state index contributed by atoms with van der Waals surface area (Å²) in [6.45, 7) is 2.13. The van der Waals surface area contributed by atoms with E-state index in [0.717, 1.165) is 12.0 Å². The third-order valence-electron chi connectivity index (χ3n) is 2.87. The molecule has 0 saturated carbocycles. The van der Waals surface area contributed by atoms with Crippen LogP contribution in [0.4, 0.5) is 0 Å². The number of carboxylic acids is 1. The minimum absolute atomic E-state index is 0.158. The highest BCUT2D eigenvalue weighted by Gasteiger charge is 2.36. The van der Waals surface area contributed by atoms with Crippen LogP contribution >= 0.6 is 0 Å². The van der Waals surface area contributed by atoms with E-state index in [2.05, 4.69) is 5.10 Å². The molecule has 1 heterocycles. The lowest BCUT2D eigenvalue weighted by molar-refractivity contribution is -0.148. The summed E-state index contributed by atoms with van der Waals surface area (Å²) in [5, 5.41) is 13.4. The predicted molar refractivity (Wildman–Crippen MR) is 60.9 cm³/mol. The lowest BCUT2D eigenvalue weighted by Crippen LogP contribution is -2.40. The number of carbonyl (C=O) groups is 1. The van der Waals surface area contributed by atoms with Gasteiger partial charge in [-0.05, 0) is 18.4 Å². The van der Waals surface area contributed by atoms with Gasteiger partial charge >= 0.3 is 5.97 Å². The highest BCUT2D eigenvalue weighted by atomic mass is 16.4. The molecule has 0 fully saturated rings. The van der Waals surface area contributed by atoms with Crippen LogP contribution < -0.4 is 5.73 Å². The molecule has 1 aromatic heterocycles. The number of carboxylic acid groups (broad SMARTS) is 1. The molecule has 0 spiro atoms. The molecule has 1 rings (SSSR count). The van der Waals surface area contributed by atoms with Crippen LogP contribution in [0.1, 0.15) is 25.3 Å². The van der Waals surface area contributed by atoms with E-state index in [1.54, 1.807) is 10.9 Å². The summed E-state index contributed by atoms with van der Waals surface area (Å²) in [6, 6.07) is 0. The summed E-state index contributed by atoms with van der Waals surface area (Å²) in [7, 11) is 1.81. The van der Waals surface area contributed by atoms with Crippen molar-refractivity contribution >= 4 is 5.97 Å². The van der Waals surface area contributed by atoms with E-state index in [1.165, 1.54) is 0 Å². The van der Waals surface area contributed by atoms with Gasteiger partial charge in [0, 0.05) is 19.8 Å². The molecule has 1 atom stereocenters. The van der Waals surface area contributed by atoms with Gasteiger partial charge in [0.1, 0.15) is 0 Å². The van der Waals surface area contributed by atoms with Crippen LogP contribution in [-0.4, -0.2) is 27.4 Å². The number of rotatable bonds is 6. The second-order valence-electron chi connectivity index (χ2n) is 4.24. The number of hydrogen-bond donors (Lipinski definition) is 2. The van der Waals surface area contributed by atoms with Crippen LogP contribution in [0.25, 0.3) is 0 Å². The third-order valence-corrected chi connectivity index (χ3v) is 2.87. The Hall–Kier alpha value is -1.36. The van der Waals surface area contributed by atoms with Crippen molar-refractivity contribution < 1.29 is 9.90 Å². The minimum atomic E-state index is -0.849. The molecule has 90 valence electrons. The first-order valence-corrected chi connectivity index (χ1v) is 5.45. The lowest BCUT2D eigenvalue weighted by Gasteiger charge is -2.26. The van der Waals surface area contributed by atoms with E-state index in [4.69, 9.17) is 5.73 Å². The van der Waals surface area contributed by atoms with Gasteiger partial charge in [-0.1, -0.05) is 13.3 Å². The molecule has 0 saturated heterocycles. The summed E-state index contributed by atoms with van der Waals surface area (Å²) < 4.78 is 1.67. The fourth-order valence-corrected chi connectivity index (χ4v) is 1.96. The second-order valence-corrected chi connectivity index (χ2v) is 4.24. The zero-order chi connectivity index (χ0) is 12.2. The molecule has 1 unspecified atom stereocenters. The Kier molecular flexibility index (Phi) is 4.06. The van der Waals surface area contributed by atoms with Crippen LogP contribution in [0, 0.1) is 5.41 Å². The third kappa shape index (κ3) is 2.61. The van der Waals surface area contributed by atoms with Crippen LogP contribution in [0.15, 0.2) is 12.4 Å². The van der Waals surface area contributed by atoms with Gasteiger partial charge < -0.3 is 10.8 Å². The van der Waals surface area contributed by atoms with Crippen molar-refractivity contribution in [3.8, 4) is 0 Å². The Morgan fingerprint density at radius 3 is 2.75 bits per heavy atom. The minimum Gasteiger partial charge on any atom is -0.481 e. The van der Waals surface area contributed by atoms with Crippen molar-refractivity contribution in [3.05, 3.63) is 18.0 Å². The first kappa shape index (κ1) is 12.7. The molecule has 1 aromatic rings. The van der Waals surface area contributed by atoms with E-state index in [0.29, 0.717) is 12.8 Å². The molecule has 5 nitrogen and oxygen atoms in total. The summed E-state index contributed by atoms with van der Waals surface area (Å²) >= 11 is 0. The van der Waals surface area contributed by atoms with Gasteiger partial charge in [-0.3, -0.25) is 9.48 Å². The first-order chi connectivity index (χ1) is 7.54. The summed E-state index contributed by atoms with van der Waals surface area (Å²) in [5.74, 6) is -0.819. The fourth-order valence-electron chi connectivity index (χ4n) is 1.96. The van der Waals surface area contributed by atoms with E-state index in [9.17, 15) is 9.90 Å². The molecular formula is C11H19N3O2. The SMILES string of the molecule is CCCC(CN)(Cc1cnn(C)c1)C(=O)O. The van der Waals surface area contributed by atoms with E-state index < -0.39 is 11.4 Å². The molecule has 16 heavy (non-hydrogen) atoms. The van der Waals surface area contributed by atoms with E-state index in [-0.39, 0.29) is 6.54 Å². The highest BCUT2D eigenvalue weighted by molar-refractivity contribution is 5.75. The van der Waals surface area contributed by atoms with Gasteiger partial charge in [0.05, 0.1) is 11.6 Å². The largest absolute Gasteiger partial charge is 0.481 e. The van der Waals surface area contributed by atoms with Crippen LogP contribution in [0.2, 0.25) is 0 Å². The standard InChI is InChI=1S/C11H19N3O2/c1-3-4-11(8-12,10(15)16)5-9-6-13-14(2)7-9/h6-7H,3-5,8,12H2,1-2H3,(H,15,16). The smallest absolute Gasteiger partial charge is 0.311 e. The Bertz CT molecular complexity index is 362. The van der Waals surface area contributed by atoms with Crippen molar-refractivity contribution in [1.82, 2.24) is 9.78 Å². The van der Waals surface area contributed by atoms with Crippen molar-refractivity contribution in [2.45, 2.75) is 26.2 Å². The summed E-state index contributed by atoms with van der Waals surface area (Å²) in [5.41, 5.74) is 5.71. The molecular weight excluding hydrogens is 206 g/mol. The Balaban J connectivity index is 2.89. The van der Waals surface area contributed by atoms with Crippen molar-refractivity contribution in [1.29, 1.82) is 0 Å². The van der Waals surface area contributed by atoms with Crippen LogP contribution in [0.5, 0.6) is 0 Å². The zero-order valence-corrected chi connectivity index (χ0v) is 9.81. The predicted octanol–water partition coefficient (Wildman–Crippen LogP) is 0.792. The van der Waals surface area contributed by atoms with Gasteiger partial charge in [0.15, 0.2) is 0 Å². The molecule has 5 heteroatoms. The highest BCUT2D eigenvalue weighted by Crippen LogP contribution is 2.28. The molecule has 0 aliphatic carbocycles. The van der Waals surface area contributed by atoms with Gasteiger partial charge in [-0.15, -0.1) is 0 Å². The molecule has 0 aliphatic heterocycles. The fraction of sp³-hybridized carbons (Fsp3) is 0.636. The number of hydrogen-bond acceptors (Lipinski definition) is 3. The average molecular weight is 225 g/mol. The van der Waals surface area contributed by atoms with Gasteiger partial charge in [0.2, 0.25) is 0 Å². The molecule has 0 aliphatic rings. The van der Waals surface area contributed by atoms with Gasteiger partial charge in [-0.25, -0.2) is 0 Å². The maximum atomic E-state index is 11.3. The Labute approximate surface area is 95.3 Å². The molecule has 0 amide bonds. The molecule has 3 N–H and O–H groups in total. The number of aryl methyl sites for hydroxylation is 1.